The van der Waals surface area contributed by atoms with Gasteiger partial charge in [-0.2, -0.15) is 5.26 Å². The fourth-order valence-corrected chi connectivity index (χ4v) is 2.32. The number of halogens is 2. The highest BCUT2D eigenvalue weighted by Crippen LogP contribution is 2.25. The van der Waals surface area contributed by atoms with Crippen LogP contribution in [0.25, 0.3) is 0 Å². The summed E-state index contributed by atoms with van der Waals surface area (Å²) in [5.41, 5.74) is 2.62. The van der Waals surface area contributed by atoms with Gasteiger partial charge in [0.2, 0.25) is 0 Å². The second-order valence-electron chi connectivity index (χ2n) is 4.55. The van der Waals surface area contributed by atoms with Gasteiger partial charge in [0.1, 0.15) is 5.82 Å². The Morgan fingerprint density at radius 1 is 1.30 bits per heavy atom. The van der Waals surface area contributed by atoms with Gasteiger partial charge in [0, 0.05) is 12.2 Å². The van der Waals surface area contributed by atoms with E-state index >= 15 is 0 Å². The normalized spacial score (nSPS) is 11.7. The van der Waals surface area contributed by atoms with E-state index in [0.29, 0.717) is 11.0 Å². The first-order valence-electron chi connectivity index (χ1n) is 6.26. The Labute approximate surface area is 126 Å². The Hall–Kier alpha value is -1.86. The predicted octanol–water partition coefficient (Wildman–Crippen LogP) is 4.62. The van der Waals surface area contributed by atoms with Gasteiger partial charge in [-0.25, -0.2) is 4.39 Å². The predicted molar refractivity (Wildman–Crippen MR) is 82.1 cm³/mol. The molecule has 0 aliphatic heterocycles. The molecule has 0 saturated carbocycles. The molecule has 0 bridgehead atoms. The zero-order valence-electron chi connectivity index (χ0n) is 11.0. The average Bonchev–Trinajstić information content (AvgIpc) is 2.46. The van der Waals surface area contributed by atoms with E-state index < -0.39 is 0 Å². The third-order valence-electron chi connectivity index (χ3n) is 3.12. The van der Waals surface area contributed by atoms with Crippen molar-refractivity contribution in [3.63, 3.8) is 0 Å². The summed E-state index contributed by atoms with van der Waals surface area (Å²) >= 11 is 3.17. The third kappa shape index (κ3) is 3.37. The van der Waals surface area contributed by atoms with Gasteiger partial charge in [0.05, 0.1) is 16.5 Å². The van der Waals surface area contributed by atoms with Crippen molar-refractivity contribution in [2.75, 3.05) is 11.9 Å². The summed E-state index contributed by atoms with van der Waals surface area (Å²) in [7, 11) is 0. The largest absolute Gasteiger partial charge is 0.383 e. The molecule has 1 unspecified atom stereocenters. The minimum Gasteiger partial charge on any atom is -0.383 e. The summed E-state index contributed by atoms with van der Waals surface area (Å²) in [4.78, 5) is 0. The average molecular weight is 333 g/mol. The summed E-state index contributed by atoms with van der Waals surface area (Å²) in [5.74, 6) is -0.521. The quantitative estimate of drug-likeness (QED) is 0.886. The van der Waals surface area contributed by atoms with Crippen LogP contribution in [0.3, 0.4) is 0 Å². The molecular formula is C16H14BrFN2. The summed E-state index contributed by atoms with van der Waals surface area (Å²) in [6.07, 6.45) is 0. The lowest BCUT2D eigenvalue weighted by Gasteiger charge is -2.14. The van der Waals surface area contributed by atoms with Crippen molar-refractivity contribution in [3.05, 3.63) is 63.9 Å². The Balaban J connectivity index is 2.12. The molecule has 0 heterocycles. The number of anilines is 1. The molecule has 1 N–H and O–H groups in total. The van der Waals surface area contributed by atoms with E-state index in [2.05, 4.69) is 27.3 Å². The van der Waals surface area contributed by atoms with Crippen molar-refractivity contribution in [3.8, 4) is 6.07 Å². The van der Waals surface area contributed by atoms with Gasteiger partial charge in [0.25, 0.3) is 0 Å². The van der Waals surface area contributed by atoms with E-state index in [9.17, 15) is 9.65 Å². The van der Waals surface area contributed by atoms with Crippen LogP contribution in [-0.4, -0.2) is 6.54 Å². The van der Waals surface area contributed by atoms with Crippen molar-refractivity contribution in [1.82, 2.24) is 0 Å². The van der Waals surface area contributed by atoms with Crippen LogP contribution in [0.15, 0.2) is 46.9 Å². The first kappa shape index (κ1) is 14.5. The number of aryl methyl sites for hydroxylation is 1. The van der Waals surface area contributed by atoms with Crippen LogP contribution in [0.1, 0.15) is 17.0 Å². The third-order valence-corrected chi connectivity index (χ3v) is 3.73. The van der Waals surface area contributed by atoms with Crippen molar-refractivity contribution in [2.45, 2.75) is 12.8 Å². The number of benzene rings is 2. The molecule has 0 aliphatic rings. The minimum atomic E-state index is -0.284. The molecule has 102 valence electrons. The number of hydrogen-bond acceptors (Lipinski definition) is 2. The van der Waals surface area contributed by atoms with E-state index in [1.807, 2.05) is 37.3 Å². The van der Waals surface area contributed by atoms with E-state index in [1.165, 1.54) is 6.07 Å². The summed E-state index contributed by atoms with van der Waals surface area (Å²) in [5, 5.41) is 12.5. The summed E-state index contributed by atoms with van der Waals surface area (Å²) in [6, 6.07) is 15.1. The molecule has 0 fully saturated rings. The van der Waals surface area contributed by atoms with E-state index in [1.54, 1.807) is 6.07 Å². The lowest BCUT2D eigenvalue weighted by atomic mass is 10.0. The van der Waals surface area contributed by atoms with Crippen molar-refractivity contribution >= 4 is 21.6 Å². The molecule has 2 nitrogen and oxygen atoms in total. The van der Waals surface area contributed by atoms with E-state index in [0.717, 1.165) is 16.8 Å². The maximum absolute atomic E-state index is 13.4. The smallest absolute Gasteiger partial charge is 0.137 e. The monoisotopic (exact) mass is 332 g/mol. The molecular weight excluding hydrogens is 319 g/mol. The first-order chi connectivity index (χ1) is 9.61. The second kappa shape index (κ2) is 6.53. The van der Waals surface area contributed by atoms with Gasteiger partial charge in [-0.3, -0.25) is 0 Å². The van der Waals surface area contributed by atoms with Gasteiger partial charge in [-0.1, -0.05) is 30.3 Å². The van der Waals surface area contributed by atoms with Crippen LogP contribution in [0.2, 0.25) is 0 Å². The van der Waals surface area contributed by atoms with Crippen LogP contribution >= 0.6 is 15.9 Å². The topological polar surface area (TPSA) is 35.8 Å². The fraction of sp³-hybridized carbons (Fsp3) is 0.188. The van der Waals surface area contributed by atoms with Crippen LogP contribution in [0.5, 0.6) is 0 Å². The number of hydrogen-bond donors (Lipinski definition) is 1. The lowest BCUT2D eigenvalue weighted by molar-refractivity contribution is 0.620. The van der Waals surface area contributed by atoms with Gasteiger partial charge >= 0.3 is 0 Å². The molecule has 20 heavy (non-hydrogen) atoms. The molecule has 0 aliphatic carbocycles. The molecule has 0 amide bonds. The summed E-state index contributed by atoms with van der Waals surface area (Å²) in [6.45, 7) is 2.32. The summed E-state index contributed by atoms with van der Waals surface area (Å²) < 4.78 is 13.8. The molecule has 0 radical (unpaired) electrons. The molecule has 2 aromatic carbocycles. The molecule has 2 aromatic rings. The second-order valence-corrected chi connectivity index (χ2v) is 5.41. The minimum absolute atomic E-state index is 0.237. The Kier molecular flexibility index (Phi) is 4.75. The van der Waals surface area contributed by atoms with E-state index in [4.69, 9.17) is 0 Å². The fourth-order valence-electron chi connectivity index (χ4n) is 1.97. The molecule has 0 aromatic heterocycles. The highest BCUT2D eigenvalue weighted by molar-refractivity contribution is 9.10. The van der Waals surface area contributed by atoms with Crippen LogP contribution in [-0.2, 0) is 0 Å². The number of nitrogens with zero attached hydrogens (tertiary/aromatic N) is 1. The van der Waals surface area contributed by atoms with Crippen LogP contribution < -0.4 is 5.32 Å². The Morgan fingerprint density at radius 3 is 2.65 bits per heavy atom. The maximum Gasteiger partial charge on any atom is 0.137 e. The van der Waals surface area contributed by atoms with Crippen molar-refractivity contribution in [2.24, 2.45) is 0 Å². The molecule has 0 saturated heterocycles. The van der Waals surface area contributed by atoms with Crippen molar-refractivity contribution in [1.29, 1.82) is 5.26 Å². The lowest BCUT2D eigenvalue weighted by Crippen LogP contribution is -2.12. The molecule has 4 heteroatoms. The molecule has 2 rings (SSSR count). The van der Waals surface area contributed by atoms with Gasteiger partial charge in [-0.15, -0.1) is 0 Å². The highest BCUT2D eigenvalue weighted by Gasteiger charge is 2.11. The molecule has 1 atom stereocenters. The number of nitrogens with one attached hydrogen (secondary N) is 1. The Bertz CT molecular complexity index is 635. The number of nitriles is 1. The zero-order chi connectivity index (χ0) is 14.5. The van der Waals surface area contributed by atoms with Crippen molar-refractivity contribution < 1.29 is 4.39 Å². The van der Waals surface area contributed by atoms with Gasteiger partial charge in [-0.05, 0) is 46.1 Å². The number of rotatable bonds is 4. The Morgan fingerprint density at radius 2 is 2.00 bits per heavy atom. The SMILES string of the molecule is Cc1cc(F)c(Br)cc1NCC(C#N)c1ccccc1. The zero-order valence-corrected chi connectivity index (χ0v) is 12.6. The first-order valence-corrected chi connectivity index (χ1v) is 7.05. The maximum atomic E-state index is 13.4. The van der Waals surface area contributed by atoms with Crippen LogP contribution in [0.4, 0.5) is 10.1 Å². The van der Waals surface area contributed by atoms with E-state index in [-0.39, 0.29) is 11.7 Å². The standard InChI is InChI=1S/C16H14BrFN2/c1-11-7-15(18)14(17)8-16(11)20-10-13(9-19)12-5-3-2-4-6-12/h2-8,13,20H,10H2,1H3. The molecule has 0 spiro atoms. The highest BCUT2D eigenvalue weighted by atomic mass is 79.9. The van der Waals surface area contributed by atoms with Crippen LogP contribution in [0, 0.1) is 24.1 Å². The van der Waals surface area contributed by atoms with Gasteiger partial charge < -0.3 is 5.32 Å². The van der Waals surface area contributed by atoms with Gasteiger partial charge in [0.15, 0.2) is 0 Å².